The van der Waals surface area contributed by atoms with Crippen LogP contribution in [0.4, 0.5) is 40.3 Å². The number of hydrogen-bond acceptors (Lipinski definition) is 24. The molecule has 0 saturated carbocycles. The van der Waals surface area contributed by atoms with E-state index < -0.39 is 71.4 Å². The number of hydrogen-bond donors (Lipinski definition) is 10. The summed E-state index contributed by atoms with van der Waals surface area (Å²) in [6.07, 6.45) is 0.0144. The van der Waals surface area contributed by atoms with Crippen LogP contribution in [-0.2, 0) is 39.0 Å². The number of carboxylic acids is 2. The van der Waals surface area contributed by atoms with Crippen LogP contribution in [0.5, 0.6) is 5.75 Å². The summed E-state index contributed by atoms with van der Waals surface area (Å²) >= 11 is 1.68. The highest BCUT2D eigenvalue weighted by Gasteiger charge is 2.24. The molecule has 10 N–H and O–H groups in total. The quantitative estimate of drug-likeness (QED) is 0.00590. The molecule has 0 aliphatic rings. The van der Waals surface area contributed by atoms with E-state index in [0.29, 0.717) is 12.0 Å². The Bertz CT molecular complexity index is 3170. The maximum atomic E-state index is 14.0. The van der Waals surface area contributed by atoms with Gasteiger partial charge in [-0.05, 0) is 78.5 Å². The van der Waals surface area contributed by atoms with E-state index in [1.807, 2.05) is 0 Å². The first-order chi connectivity index (χ1) is 32.3. The summed E-state index contributed by atoms with van der Waals surface area (Å²) in [6, 6.07) is 18.0. The lowest BCUT2D eigenvalue weighted by molar-refractivity contribution is -0.432. The number of aromatic hydroxyl groups is 1. The first-order valence-electron chi connectivity index (χ1n) is 18.3. The van der Waals surface area contributed by atoms with Gasteiger partial charge in [-0.1, -0.05) is 40.0 Å². The number of benzene rings is 5. The summed E-state index contributed by atoms with van der Waals surface area (Å²) in [5.74, 6) is -5.14. The minimum absolute atomic E-state index is 0.0144. The predicted molar refractivity (Wildman–Crippen MR) is 240 cm³/mol. The van der Waals surface area contributed by atoms with Crippen LogP contribution in [0.1, 0.15) is 37.5 Å². The number of phenolic OH excluding ortho intramolecular Hbond substituents is 1. The number of nitrogens with one attached hydrogen (secondary N) is 3. The van der Waals surface area contributed by atoms with Crippen molar-refractivity contribution in [1.82, 2.24) is 15.0 Å². The average Bonchev–Trinajstić information content (AvgIpc) is 3.28. The van der Waals surface area contributed by atoms with Crippen LogP contribution in [0.2, 0.25) is 0 Å². The zero-order valence-corrected chi connectivity index (χ0v) is 37.7. The Morgan fingerprint density at radius 1 is 0.735 bits per heavy atom. The second kappa shape index (κ2) is 22.5. The Balaban J connectivity index is 1.36. The minimum Gasteiger partial charge on any atom is -0.505 e. The van der Waals surface area contributed by atoms with Gasteiger partial charge in [0, 0.05) is 27.3 Å². The Morgan fingerprint density at radius 2 is 1.44 bits per heavy atom. The van der Waals surface area contributed by atoms with Gasteiger partial charge in [0.2, 0.25) is 11.9 Å². The van der Waals surface area contributed by atoms with Gasteiger partial charge in [-0.2, -0.15) is 31.8 Å². The summed E-state index contributed by atoms with van der Waals surface area (Å²) < 4.78 is 75.4. The highest BCUT2D eigenvalue weighted by Crippen LogP contribution is 2.47. The minimum atomic E-state index is -5.00. The number of azo groups is 1. The lowest BCUT2D eigenvalue weighted by atomic mass is 10.1. The molecule has 1 amide bonds. The van der Waals surface area contributed by atoms with Crippen LogP contribution in [0.15, 0.2) is 115 Å². The highest BCUT2D eigenvalue weighted by atomic mass is 32.2. The topological polar surface area (TPSA) is 397 Å². The lowest BCUT2D eigenvalue weighted by Crippen LogP contribution is -2.13. The third-order valence-corrected chi connectivity index (χ3v) is 12.4. The molecule has 0 atom stereocenters. The SMILES string of the molecule is O=C(Nc1cc(S(=O)(=O)O)cc2cc(SOOO)c(/N=N/c3ccc(SOOO)cc3C(=O)O)c(O)c12)c1cccc(Nc2nc(Nc3ccccc3C(=O)O)nc(SCCCS(=O)(=O)O)n2)c1. The molecule has 5 aromatic carbocycles. The Labute approximate surface area is 394 Å². The van der Waals surface area contributed by atoms with Gasteiger partial charge in [-0.15, -0.1) is 18.9 Å². The molecule has 0 saturated heterocycles. The average molecular weight is 1040 g/mol. The molecule has 6 aromatic rings. The van der Waals surface area contributed by atoms with E-state index in [9.17, 15) is 51.1 Å². The number of carbonyl (C=O) groups excluding carboxylic acids is 1. The second-order valence-corrected chi connectivity index (χ2v) is 18.7. The molecule has 31 heteroatoms. The number of aromatic nitrogens is 3. The first kappa shape index (κ1) is 50.8. The molecule has 26 nitrogen and oxygen atoms in total. The van der Waals surface area contributed by atoms with Crippen LogP contribution in [0, 0.1) is 0 Å². The van der Waals surface area contributed by atoms with Crippen LogP contribution >= 0.6 is 35.8 Å². The van der Waals surface area contributed by atoms with Gasteiger partial charge in [0.15, 0.2) is 10.9 Å². The van der Waals surface area contributed by atoms with Gasteiger partial charge in [0.1, 0.15) is 11.4 Å². The van der Waals surface area contributed by atoms with Crippen molar-refractivity contribution >= 4 is 125 Å². The monoisotopic (exact) mass is 1030 g/mol. The van der Waals surface area contributed by atoms with Crippen molar-refractivity contribution in [3.8, 4) is 5.75 Å². The van der Waals surface area contributed by atoms with Gasteiger partial charge < -0.3 is 31.3 Å². The maximum Gasteiger partial charge on any atom is 0.338 e. The van der Waals surface area contributed by atoms with Crippen molar-refractivity contribution in [2.75, 3.05) is 27.5 Å². The van der Waals surface area contributed by atoms with E-state index in [2.05, 4.69) is 59.9 Å². The molecular weight excluding hydrogens is 1000 g/mol. The van der Waals surface area contributed by atoms with E-state index in [4.69, 9.17) is 15.1 Å². The second-order valence-electron chi connectivity index (χ2n) is 13.1. The molecule has 0 radical (unpaired) electrons. The van der Waals surface area contributed by atoms with Gasteiger partial charge in [0.25, 0.3) is 26.1 Å². The van der Waals surface area contributed by atoms with Crippen LogP contribution in [-0.4, -0.2) is 96.1 Å². The van der Waals surface area contributed by atoms with Crippen molar-refractivity contribution in [3.63, 3.8) is 0 Å². The molecule has 1 heterocycles. The third-order valence-electron chi connectivity index (χ3n) is 8.62. The maximum absolute atomic E-state index is 14.0. The fraction of sp³-hybridized carbons (Fsp3) is 0.0811. The molecule has 1 aromatic heterocycles. The van der Waals surface area contributed by atoms with Gasteiger partial charge >= 0.3 is 11.9 Å². The standard InChI is InChI=1S/C37H30N8O18S5/c46-31-29-19(15-28(66-63-61-53)30(31)45-44-26-10-9-21(65-62-60-52)16-24(26)34(50)51)14-22(68(57,58)59)17-27(29)39-32(47)18-5-3-6-20(13-18)38-35-41-36(40-25-8-2-1-7-23(25)33(48)49)43-37(42-35)64-11-4-12-67(54,55)56/h1-3,5-10,13-17,46,52-53H,4,11-12H2,(H,39,47)(H,48,49)(H,50,51)(H,54,55,56)(H,57,58,59)(H2,38,40,41,42,43)/b45-44+. The number of aromatic carboxylic acids is 2. The number of thioether (sulfide) groups is 1. The summed E-state index contributed by atoms with van der Waals surface area (Å²) in [5.41, 5.74) is -1.52. The number of para-hydroxylation sites is 1. The van der Waals surface area contributed by atoms with Crippen LogP contribution in [0.25, 0.3) is 10.8 Å². The third kappa shape index (κ3) is 13.5. The molecule has 0 spiro atoms. The first-order valence-corrected chi connectivity index (χ1v) is 23.9. The molecular formula is C37H30N8O18S5. The largest absolute Gasteiger partial charge is 0.505 e. The van der Waals surface area contributed by atoms with Crippen molar-refractivity contribution in [1.29, 1.82) is 0 Å². The van der Waals surface area contributed by atoms with Crippen molar-refractivity contribution in [3.05, 3.63) is 102 Å². The van der Waals surface area contributed by atoms with E-state index in [0.717, 1.165) is 36.0 Å². The van der Waals surface area contributed by atoms with Gasteiger partial charge in [-0.25, -0.2) is 20.1 Å². The molecule has 0 aliphatic carbocycles. The number of amides is 1. The smallest absolute Gasteiger partial charge is 0.338 e. The summed E-state index contributed by atoms with van der Waals surface area (Å²) in [7, 11) is -9.25. The number of anilines is 5. The summed E-state index contributed by atoms with van der Waals surface area (Å²) in [6.45, 7) is 0. The zero-order valence-electron chi connectivity index (χ0n) is 33.6. The molecule has 0 bridgehead atoms. The van der Waals surface area contributed by atoms with Crippen LogP contribution in [0.3, 0.4) is 0 Å². The number of carbonyl (C=O) groups is 3. The van der Waals surface area contributed by atoms with E-state index in [-0.39, 0.29) is 90.0 Å². The predicted octanol–water partition coefficient (Wildman–Crippen LogP) is 7.76. The Hall–Kier alpha value is -6.59. The van der Waals surface area contributed by atoms with Crippen molar-refractivity contribution in [2.45, 2.75) is 26.3 Å². The van der Waals surface area contributed by atoms with Gasteiger partial charge in [0.05, 0.1) is 62.1 Å². The number of carboxylic acid groups (broad SMARTS) is 2. The van der Waals surface area contributed by atoms with E-state index in [1.54, 1.807) is 6.07 Å². The number of nitrogens with zero attached hydrogens (tertiary/aromatic N) is 5. The zero-order chi connectivity index (χ0) is 49.2. The summed E-state index contributed by atoms with van der Waals surface area (Å²) in [4.78, 5) is 50.0. The molecule has 6 rings (SSSR count). The fourth-order valence-corrected chi connectivity index (χ4v) is 8.70. The lowest BCUT2D eigenvalue weighted by Gasteiger charge is -2.15. The molecule has 356 valence electrons. The summed E-state index contributed by atoms with van der Waals surface area (Å²) in [5, 5.41) is 71.5. The Kier molecular flexibility index (Phi) is 16.8. The normalized spacial score (nSPS) is 11.8. The number of rotatable bonds is 22. The highest BCUT2D eigenvalue weighted by molar-refractivity contribution is 7.99. The molecule has 0 aliphatic heterocycles. The molecule has 0 fully saturated rings. The fourth-order valence-electron chi connectivity index (χ4n) is 5.80. The van der Waals surface area contributed by atoms with Crippen molar-refractivity contribution < 1.29 is 84.9 Å². The molecule has 68 heavy (non-hydrogen) atoms. The Morgan fingerprint density at radius 3 is 2.13 bits per heavy atom. The van der Waals surface area contributed by atoms with Crippen LogP contribution < -0.4 is 16.0 Å². The van der Waals surface area contributed by atoms with Crippen molar-refractivity contribution in [2.24, 2.45) is 10.2 Å². The number of fused-ring (bicyclic) bond motifs is 1. The molecule has 0 unspecified atom stereocenters. The van der Waals surface area contributed by atoms with Gasteiger partial charge in [-0.3, -0.25) is 13.9 Å². The van der Waals surface area contributed by atoms with E-state index in [1.165, 1.54) is 54.6 Å². The van der Waals surface area contributed by atoms with E-state index >= 15 is 0 Å². The number of phenols is 1.